The number of methoxy groups -OCH3 is 1. The Balaban J connectivity index is 1.64. The molecule has 0 aromatic heterocycles. The van der Waals surface area contributed by atoms with Crippen LogP contribution < -0.4 is 0 Å². The summed E-state index contributed by atoms with van der Waals surface area (Å²) in [5.41, 5.74) is 1.99. The number of carbonyl (C=O) groups is 1. The van der Waals surface area contributed by atoms with Crippen molar-refractivity contribution in [2.75, 3.05) is 7.11 Å². The molecular weight excluding hydrogens is 320 g/mol. The van der Waals surface area contributed by atoms with Gasteiger partial charge in [0.15, 0.2) is 11.9 Å². The van der Waals surface area contributed by atoms with E-state index in [1.54, 1.807) is 0 Å². The smallest absolute Gasteiger partial charge is 0.262 e. The monoisotopic (exact) mass is 340 g/mol. The largest absolute Gasteiger partial charge is 0.493 e. The lowest BCUT2D eigenvalue weighted by molar-refractivity contribution is -0.146. The molecule has 3 rings (SSSR count). The van der Waals surface area contributed by atoms with Gasteiger partial charge in [-0.3, -0.25) is 4.79 Å². The Morgan fingerprint density at radius 1 is 0.960 bits per heavy atom. The van der Waals surface area contributed by atoms with E-state index in [0.29, 0.717) is 19.0 Å². The Kier molecular flexibility index (Phi) is 5.82. The Labute approximate surface area is 146 Å². The molecule has 1 aliphatic rings. The zero-order valence-electron chi connectivity index (χ0n) is 14.0. The van der Waals surface area contributed by atoms with E-state index in [0.717, 1.165) is 11.1 Å². The molecule has 0 aliphatic carbocycles. The Morgan fingerprint density at radius 3 is 2.16 bits per heavy atom. The molecule has 1 unspecified atom stereocenters. The fourth-order valence-electron chi connectivity index (χ4n) is 2.47. The lowest BCUT2D eigenvalue weighted by Gasteiger charge is -2.10. The number of Topliss-reactive ketones (excluding diaryl/α,β-unsaturated/α-hetero) is 1. The molecule has 5 nitrogen and oxygen atoms in total. The van der Waals surface area contributed by atoms with Gasteiger partial charge in [-0.2, -0.15) is 0 Å². The van der Waals surface area contributed by atoms with E-state index >= 15 is 0 Å². The minimum atomic E-state index is -0.965. The molecule has 0 saturated carbocycles. The van der Waals surface area contributed by atoms with E-state index in [9.17, 15) is 4.79 Å². The number of hydrogen-bond acceptors (Lipinski definition) is 5. The maximum absolute atomic E-state index is 12.3. The van der Waals surface area contributed by atoms with Gasteiger partial charge in [0.1, 0.15) is 12.9 Å². The topological polar surface area (TPSA) is 54.0 Å². The molecule has 1 aliphatic heterocycles. The number of rotatable bonds is 7. The van der Waals surface area contributed by atoms with Gasteiger partial charge in [0.05, 0.1) is 6.61 Å². The number of carbonyl (C=O) groups excluding carboxylic acids is 1. The molecule has 25 heavy (non-hydrogen) atoms. The highest BCUT2D eigenvalue weighted by atomic mass is 16.7. The summed E-state index contributed by atoms with van der Waals surface area (Å²) in [6.45, 7) is 0.679. The van der Waals surface area contributed by atoms with E-state index in [2.05, 4.69) is 0 Å². The van der Waals surface area contributed by atoms with Crippen molar-refractivity contribution < 1.29 is 23.7 Å². The zero-order chi connectivity index (χ0) is 17.5. The van der Waals surface area contributed by atoms with Crippen LogP contribution in [0.25, 0.3) is 0 Å². The molecule has 1 heterocycles. The summed E-state index contributed by atoms with van der Waals surface area (Å²) in [4.78, 5) is 12.3. The molecule has 0 radical (unpaired) electrons. The second-order valence-electron chi connectivity index (χ2n) is 5.58. The van der Waals surface area contributed by atoms with E-state index in [1.807, 2.05) is 60.7 Å². The highest BCUT2D eigenvalue weighted by Gasteiger charge is 2.42. The van der Waals surface area contributed by atoms with Crippen LogP contribution in [-0.4, -0.2) is 25.3 Å². The normalized spacial score (nSPS) is 21.3. The van der Waals surface area contributed by atoms with Crippen molar-refractivity contribution in [2.45, 2.75) is 25.6 Å². The summed E-state index contributed by atoms with van der Waals surface area (Å²) in [6.07, 6.45) is -0.368. The summed E-state index contributed by atoms with van der Waals surface area (Å²) < 4.78 is 21.9. The summed E-state index contributed by atoms with van der Waals surface area (Å²) >= 11 is 0. The Morgan fingerprint density at radius 2 is 1.56 bits per heavy atom. The number of ketones is 1. The van der Waals surface area contributed by atoms with Crippen molar-refractivity contribution >= 4 is 5.78 Å². The SMILES string of the molecule is COC1O/C(=C/OCc2ccccc2)[C@@H](OCc2ccccc2)C1=O. The molecule has 0 spiro atoms. The average molecular weight is 340 g/mol. The van der Waals surface area contributed by atoms with Gasteiger partial charge in [-0.1, -0.05) is 60.7 Å². The van der Waals surface area contributed by atoms with Crippen LogP contribution in [0.1, 0.15) is 11.1 Å². The van der Waals surface area contributed by atoms with Gasteiger partial charge in [0, 0.05) is 7.11 Å². The number of hydrogen-bond donors (Lipinski definition) is 0. The molecule has 1 fully saturated rings. The van der Waals surface area contributed by atoms with Gasteiger partial charge in [0.2, 0.25) is 5.78 Å². The lowest BCUT2D eigenvalue weighted by Crippen LogP contribution is -2.27. The zero-order valence-corrected chi connectivity index (χ0v) is 14.0. The van der Waals surface area contributed by atoms with Gasteiger partial charge in [0.25, 0.3) is 6.29 Å². The van der Waals surface area contributed by atoms with Crippen LogP contribution >= 0.6 is 0 Å². The van der Waals surface area contributed by atoms with E-state index < -0.39 is 12.4 Å². The summed E-state index contributed by atoms with van der Waals surface area (Å²) in [6, 6.07) is 19.4. The van der Waals surface area contributed by atoms with Gasteiger partial charge >= 0.3 is 0 Å². The first-order valence-corrected chi connectivity index (χ1v) is 8.02. The van der Waals surface area contributed by atoms with Crippen LogP contribution in [0.15, 0.2) is 72.7 Å². The quantitative estimate of drug-likeness (QED) is 0.725. The first-order chi connectivity index (χ1) is 12.3. The molecule has 0 N–H and O–H groups in total. The predicted molar refractivity (Wildman–Crippen MR) is 91.2 cm³/mol. The van der Waals surface area contributed by atoms with Gasteiger partial charge in [-0.05, 0) is 11.1 Å². The second-order valence-corrected chi connectivity index (χ2v) is 5.58. The maximum atomic E-state index is 12.3. The van der Waals surface area contributed by atoms with Crippen LogP contribution in [0, 0.1) is 0 Å². The fraction of sp³-hybridized carbons (Fsp3) is 0.250. The molecule has 2 aromatic rings. The summed E-state index contributed by atoms with van der Waals surface area (Å²) in [5, 5.41) is 0. The maximum Gasteiger partial charge on any atom is 0.262 e. The summed E-state index contributed by atoms with van der Waals surface area (Å²) in [5.74, 6) is 0.0525. The molecule has 0 bridgehead atoms. The molecule has 1 saturated heterocycles. The third kappa shape index (κ3) is 4.47. The van der Waals surface area contributed by atoms with Crippen LogP contribution in [0.5, 0.6) is 0 Å². The molecule has 2 aromatic carbocycles. The first-order valence-electron chi connectivity index (χ1n) is 8.02. The number of ether oxygens (including phenoxy) is 4. The van der Waals surface area contributed by atoms with Gasteiger partial charge in [-0.25, -0.2) is 0 Å². The summed E-state index contributed by atoms with van der Waals surface area (Å²) in [7, 11) is 1.42. The van der Waals surface area contributed by atoms with Crippen molar-refractivity contribution in [3.63, 3.8) is 0 Å². The number of benzene rings is 2. The predicted octanol–water partition coefficient (Wildman–Crippen LogP) is 3.20. The van der Waals surface area contributed by atoms with Crippen molar-refractivity contribution in [1.29, 1.82) is 0 Å². The van der Waals surface area contributed by atoms with Crippen molar-refractivity contribution in [3.8, 4) is 0 Å². The molecule has 5 heteroatoms. The Bertz CT molecular complexity index is 711. The van der Waals surface area contributed by atoms with Crippen molar-refractivity contribution in [2.24, 2.45) is 0 Å². The van der Waals surface area contributed by atoms with E-state index in [1.165, 1.54) is 13.4 Å². The molecule has 2 atom stereocenters. The Hall–Kier alpha value is -2.63. The first kappa shape index (κ1) is 17.2. The fourth-order valence-corrected chi connectivity index (χ4v) is 2.47. The molecule has 130 valence electrons. The van der Waals surface area contributed by atoms with Crippen LogP contribution in [0.4, 0.5) is 0 Å². The highest BCUT2D eigenvalue weighted by Crippen LogP contribution is 2.25. The van der Waals surface area contributed by atoms with Crippen molar-refractivity contribution in [1.82, 2.24) is 0 Å². The van der Waals surface area contributed by atoms with Crippen molar-refractivity contribution in [3.05, 3.63) is 83.8 Å². The van der Waals surface area contributed by atoms with E-state index in [4.69, 9.17) is 18.9 Å². The minimum Gasteiger partial charge on any atom is -0.493 e. The van der Waals surface area contributed by atoms with Crippen LogP contribution in [0.2, 0.25) is 0 Å². The van der Waals surface area contributed by atoms with Gasteiger partial charge < -0.3 is 18.9 Å². The lowest BCUT2D eigenvalue weighted by atomic mass is 10.2. The molecule has 0 amide bonds. The second kappa shape index (κ2) is 8.46. The van der Waals surface area contributed by atoms with Crippen LogP contribution in [-0.2, 0) is 37.0 Å². The average Bonchev–Trinajstić information content (AvgIpc) is 2.97. The minimum absolute atomic E-state index is 0.270. The van der Waals surface area contributed by atoms with Crippen LogP contribution in [0.3, 0.4) is 0 Å². The third-order valence-electron chi connectivity index (χ3n) is 3.76. The standard InChI is InChI=1S/C20H20O5/c1-22-20-18(21)19(24-13-16-10-6-3-7-11-16)17(25-20)14-23-12-15-8-4-2-5-9-15/h2-11,14,19-20H,12-13H2,1H3/b17-14+/t19-,20?/m1/s1. The highest BCUT2D eigenvalue weighted by molar-refractivity contribution is 5.91. The molecular formula is C20H20O5. The van der Waals surface area contributed by atoms with E-state index in [-0.39, 0.29) is 5.78 Å². The third-order valence-corrected chi connectivity index (χ3v) is 3.76. The van der Waals surface area contributed by atoms with Gasteiger partial charge in [-0.15, -0.1) is 0 Å².